The van der Waals surface area contributed by atoms with Gasteiger partial charge in [0.1, 0.15) is 0 Å². The van der Waals surface area contributed by atoms with Crippen LogP contribution < -0.4 is 5.32 Å². The van der Waals surface area contributed by atoms with E-state index in [1.54, 1.807) is 4.90 Å². The van der Waals surface area contributed by atoms with Crippen molar-refractivity contribution >= 4 is 11.7 Å². The zero-order valence-electron chi connectivity index (χ0n) is 10.8. The summed E-state index contributed by atoms with van der Waals surface area (Å²) in [5, 5.41) is 2.87. The maximum absolute atomic E-state index is 11.8. The summed E-state index contributed by atoms with van der Waals surface area (Å²) in [6, 6.07) is 9.51. The topological polar surface area (TPSA) is 32.3 Å². The van der Waals surface area contributed by atoms with Gasteiger partial charge < -0.3 is 10.2 Å². The molecule has 94 valence electrons. The van der Waals surface area contributed by atoms with Gasteiger partial charge in [-0.05, 0) is 18.6 Å². The highest BCUT2D eigenvalue weighted by Crippen LogP contribution is 2.07. The van der Waals surface area contributed by atoms with E-state index in [2.05, 4.69) is 12.2 Å². The Morgan fingerprint density at radius 3 is 2.53 bits per heavy atom. The van der Waals surface area contributed by atoms with Crippen LogP contribution in [0.25, 0.3) is 0 Å². The third kappa shape index (κ3) is 5.38. The Labute approximate surface area is 104 Å². The Hall–Kier alpha value is -1.51. The van der Waals surface area contributed by atoms with Crippen molar-refractivity contribution in [2.75, 3.05) is 18.9 Å². The molecule has 0 aliphatic carbocycles. The van der Waals surface area contributed by atoms with Crippen molar-refractivity contribution in [1.29, 1.82) is 0 Å². The van der Waals surface area contributed by atoms with Gasteiger partial charge in [0.05, 0.1) is 0 Å². The van der Waals surface area contributed by atoms with E-state index in [9.17, 15) is 4.79 Å². The van der Waals surface area contributed by atoms with E-state index in [0.717, 1.165) is 18.7 Å². The Morgan fingerprint density at radius 1 is 1.18 bits per heavy atom. The van der Waals surface area contributed by atoms with Gasteiger partial charge in [-0.25, -0.2) is 4.79 Å². The molecule has 1 aromatic carbocycles. The molecule has 17 heavy (non-hydrogen) atoms. The highest BCUT2D eigenvalue weighted by Gasteiger charge is 2.07. The lowest BCUT2D eigenvalue weighted by Gasteiger charge is -2.17. The van der Waals surface area contributed by atoms with E-state index in [1.165, 1.54) is 19.3 Å². The van der Waals surface area contributed by atoms with E-state index in [-0.39, 0.29) is 6.03 Å². The largest absolute Gasteiger partial charge is 0.328 e. The van der Waals surface area contributed by atoms with Crippen molar-refractivity contribution in [2.45, 2.75) is 32.6 Å². The molecule has 0 aliphatic rings. The van der Waals surface area contributed by atoms with Gasteiger partial charge in [0.15, 0.2) is 0 Å². The van der Waals surface area contributed by atoms with Gasteiger partial charge in [0.2, 0.25) is 0 Å². The quantitative estimate of drug-likeness (QED) is 0.747. The summed E-state index contributed by atoms with van der Waals surface area (Å²) in [7, 11) is 1.84. The highest BCUT2D eigenvalue weighted by molar-refractivity contribution is 5.89. The fourth-order valence-electron chi connectivity index (χ4n) is 1.62. The van der Waals surface area contributed by atoms with Crippen LogP contribution in [0.4, 0.5) is 10.5 Å². The molecule has 0 saturated heterocycles. The average Bonchev–Trinajstić information content (AvgIpc) is 2.35. The van der Waals surface area contributed by atoms with E-state index in [1.807, 2.05) is 37.4 Å². The minimum atomic E-state index is -0.0345. The summed E-state index contributed by atoms with van der Waals surface area (Å²) >= 11 is 0. The number of para-hydroxylation sites is 1. The first kappa shape index (κ1) is 13.6. The van der Waals surface area contributed by atoms with Gasteiger partial charge >= 0.3 is 6.03 Å². The number of nitrogens with zero attached hydrogens (tertiary/aromatic N) is 1. The monoisotopic (exact) mass is 234 g/mol. The molecule has 0 heterocycles. The van der Waals surface area contributed by atoms with Crippen molar-refractivity contribution in [2.24, 2.45) is 0 Å². The molecule has 0 spiro atoms. The normalized spacial score (nSPS) is 10.0. The summed E-state index contributed by atoms with van der Waals surface area (Å²) < 4.78 is 0. The van der Waals surface area contributed by atoms with E-state index >= 15 is 0 Å². The zero-order chi connectivity index (χ0) is 12.5. The molecule has 0 atom stereocenters. The van der Waals surface area contributed by atoms with Crippen LogP contribution in [-0.4, -0.2) is 24.5 Å². The first-order chi connectivity index (χ1) is 8.24. The molecule has 0 bridgehead atoms. The number of nitrogens with one attached hydrogen (secondary N) is 1. The lowest BCUT2D eigenvalue weighted by molar-refractivity contribution is 0.221. The minimum absolute atomic E-state index is 0.0345. The van der Waals surface area contributed by atoms with E-state index in [4.69, 9.17) is 0 Å². The molecule has 1 N–H and O–H groups in total. The standard InChI is InChI=1S/C14H22N2O/c1-3-4-5-9-12-16(2)14(17)15-13-10-7-6-8-11-13/h6-8,10-11H,3-5,9,12H2,1-2H3,(H,15,17). The Bertz CT molecular complexity index is 324. The molecule has 0 aliphatic heterocycles. The summed E-state index contributed by atoms with van der Waals surface area (Å²) in [6.07, 6.45) is 4.74. The molecule has 0 unspecified atom stereocenters. The fraction of sp³-hybridized carbons (Fsp3) is 0.500. The molecule has 3 nitrogen and oxygen atoms in total. The van der Waals surface area contributed by atoms with Crippen molar-refractivity contribution in [3.05, 3.63) is 30.3 Å². The highest BCUT2D eigenvalue weighted by atomic mass is 16.2. The van der Waals surface area contributed by atoms with Gasteiger partial charge in [-0.15, -0.1) is 0 Å². The van der Waals surface area contributed by atoms with Gasteiger partial charge in [0, 0.05) is 19.3 Å². The number of benzene rings is 1. The molecule has 0 radical (unpaired) electrons. The SMILES string of the molecule is CCCCCCN(C)C(=O)Nc1ccccc1. The molecule has 0 fully saturated rings. The van der Waals surface area contributed by atoms with Crippen LogP contribution in [0.1, 0.15) is 32.6 Å². The van der Waals surface area contributed by atoms with Crippen LogP contribution in [0.3, 0.4) is 0 Å². The first-order valence-corrected chi connectivity index (χ1v) is 6.31. The number of carbonyl (C=O) groups excluding carboxylic acids is 1. The number of amides is 2. The maximum Gasteiger partial charge on any atom is 0.321 e. The predicted molar refractivity (Wildman–Crippen MR) is 72.2 cm³/mol. The summed E-state index contributed by atoms with van der Waals surface area (Å²) in [5.41, 5.74) is 0.845. The zero-order valence-corrected chi connectivity index (χ0v) is 10.8. The minimum Gasteiger partial charge on any atom is -0.328 e. The summed E-state index contributed by atoms with van der Waals surface area (Å²) in [6.45, 7) is 3.00. The molecular weight excluding hydrogens is 212 g/mol. The van der Waals surface area contributed by atoms with Gasteiger partial charge in [-0.3, -0.25) is 0 Å². The lowest BCUT2D eigenvalue weighted by Crippen LogP contribution is -2.32. The second kappa shape index (κ2) is 7.71. The second-order valence-electron chi connectivity index (χ2n) is 4.28. The molecule has 1 rings (SSSR count). The van der Waals surface area contributed by atoms with Crippen LogP contribution >= 0.6 is 0 Å². The smallest absolute Gasteiger partial charge is 0.321 e. The van der Waals surface area contributed by atoms with Crippen molar-refractivity contribution in [1.82, 2.24) is 4.90 Å². The number of urea groups is 1. The van der Waals surface area contributed by atoms with Crippen molar-refractivity contribution < 1.29 is 4.79 Å². The lowest BCUT2D eigenvalue weighted by atomic mass is 10.2. The van der Waals surface area contributed by atoms with Crippen molar-refractivity contribution in [3.8, 4) is 0 Å². The Balaban J connectivity index is 2.27. The maximum atomic E-state index is 11.8. The Morgan fingerprint density at radius 2 is 1.88 bits per heavy atom. The molecule has 1 aromatic rings. The molecular formula is C14H22N2O. The van der Waals surface area contributed by atoms with Crippen LogP contribution in [-0.2, 0) is 0 Å². The number of unbranched alkanes of at least 4 members (excludes halogenated alkanes) is 3. The van der Waals surface area contributed by atoms with Crippen LogP contribution in [0.2, 0.25) is 0 Å². The summed E-state index contributed by atoms with van der Waals surface area (Å²) in [4.78, 5) is 13.5. The van der Waals surface area contributed by atoms with Crippen molar-refractivity contribution in [3.63, 3.8) is 0 Å². The first-order valence-electron chi connectivity index (χ1n) is 6.31. The van der Waals surface area contributed by atoms with Crippen LogP contribution in [0, 0.1) is 0 Å². The van der Waals surface area contributed by atoms with Gasteiger partial charge in [0.25, 0.3) is 0 Å². The molecule has 3 heteroatoms. The third-order valence-corrected chi connectivity index (χ3v) is 2.72. The van der Waals surface area contributed by atoms with Crippen LogP contribution in [0.5, 0.6) is 0 Å². The predicted octanol–water partition coefficient (Wildman–Crippen LogP) is 3.73. The number of hydrogen-bond acceptors (Lipinski definition) is 1. The Kier molecular flexibility index (Phi) is 6.15. The molecule has 0 aromatic heterocycles. The molecule has 0 saturated carbocycles. The van der Waals surface area contributed by atoms with Crippen LogP contribution in [0.15, 0.2) is 30.3 Å². The fourth-order valence-corrected chi connectivity index (χ4v) is 1.62. The second-order valence-corrected chi connectivity index (χ2v) is 4.28. The average molecular weight is 234 g/mol. The van der Waals surface area contributed by atoms with E-state index < -0.39 is 0 Å². The molecule has 2 amide bonds. The number of hydrogen-bond donors (Lipinski definition) is 1. The number of carbonyl (C=O) groups is 1. The number of rotatable bonds is 6. The van der Waals surface area contributed by atoms with E-state index in [0.29, 0.717) is 0 Å². The number of anilines is 1. The summed E-state index contributed by atoms with van der Waals surface area (Å²) in [5.74, 6) is 0. The van der Waals surface area contributed by atoms with Gasteiger partial charge in [-0.1, -0.05) is 44.4 Å². The third-order valence-electron chi connectivity index (χ3n) is 2.72. The van der Waals surface area contributed by atoms with Gasteiger partial charge in [-0.2, -0.15) is 0 Å².